The van der Waals surface area contributed by atoms with Crippen molar-refractivity contribution in [2.24, 2.45) is 0 Å². The lowest BCUT2D eigenvalue weighted by Gasteiger charge is -2.20. The van der Waals surface area contributed by atoms with Crippen LogP contribution in [0.1, 0.15) is 37.7 Å². The Morgan fingerprint density at radius 3 is 2.33 bits per heavy atom. The van der Waals surface area contributed by atoms with Gasteiger partial charge in [0.2, 0.25) is 0 Å². The van der Waals surface area contributed by atoms with E-state index < -0.39 is 0 Å². The predicted molar refractivity (Wildman–Crippen MR) is 99.8 cm³/mol. The minimum Gasteiger partial charge on any atom is -0.492 e. The van der Waals surface area contributed by atoms with E-state index in [9.17, 15) is 0 Å². The number of aromatic nitrogens is 2. The zero-order valence-corrected chi connectivity index (χ0v) is 15.3. The molecule has 2 aromatic carbocycles. The Labute approximate surface area is 144 Å². The van der Waals surface area contributed by atoms with Crippen LogP contribution in [0.15, 0.2) is 42.5 Å². The third-order valence-corrected chi connectivity index (χ3v) is 4.10. The lowest BCUT2D eigenvalue weighted by atomic mass is 9.95. The van der Waals surface area contributed by atoms with Crippen LogP contribution in [0, 0.1) is 13.8 Å². The third kappa shape index (κ3) is 3.45. The summed E-state index contributed by atoms with van der Waals surface area (Å²) >= 11 is 0. The predicted octanol–water partition coefficient (Wildman–Crippen LogP) is 5.03. The van der Waals surface area contributed by atoms with E-state index >= 15 is 0 Å². The molecular formula is C21H26N2O. The monoisotopic (exact) mass is 322 g/mol. The molecule has 0 saturated heterocycles. The standard InChI is InChI=1S/C21H26N2O/c1-15-12-16(2)14-17(13-15)24-11-10-23-19-9-7-6-8-18(19)22-20(23)21(3,4)5/h6-9,12-14H,10-11H2,1-5H3. The van der Waals surface area contributed by atoms with Gasteiger partial charge in [-0.3, -0.25) is 0 Å². The van der Waals surface area contributed by atoms with Crippen LogP contribution in [-0.2, 0) is 12.0 Å². The molecule has 0 radical (unpaired) electrons. The number of fused-ring (bicyclic) bond motifs is 1. The van der Waals surface area contributed by atoms with Crippen LogP contribution < -0.4 is 4.74 Å². The van der Waals surface area contributed by atoms with Crippen LogP contribution in [0.25, 0.3) is 11.0 Å². The minimum atomic E-state index is -0.00105. The van der Waals surface area contributed by atoms with Gasteiger partial charge < -0.3 is 9.30 Å². The molecule has 3 rings (SSSR count). The minimum absolute atomic E-state index is 0.00105. The fraction of sp³-hybridized carbons (Fsp3) is 0.381. The number of nitrogens with zero attached hydrogens (tertiary/aromatic N) is 2. The van der Waals surface area contributed by atoms with Crippen LogP contribution in [0.4, 0.5) is 0 Å². The van der Waals surface area contributed by atoms with Gasteiger partial charge in [0.1, 0.15) is 18.2 Å². The van der Waals surface area contributed by atoms with Gasteiger partial charge in [-0.05, 0) is 49.2 Å². The molecule has 126 valence electrons. The molecule has 0 fully saturated rings. The number of aryl methyl sites for hydroxylation is 2. The van der Waals surface area contributed by atoms with Crippen molar-refractivity contribution in [3.8, 4) is 5.75 Å². The highest BCUT2D eigenvalue weighted by molar-refractivity contribution is 5.76. The molecule has 3 aromatic rings. The molecule has 0 aliphatic rings. The highest BCUT2D eigenvalue weighted by Gasteiger charge is 2.22. The van der Waals surface area contributed by atoms with Gasteiger partial charge in [0.15, 0.2) is 0 Å². The molecule has 0 amide bonds. The molecule has 24 heavy (non-hydrogen) atoms. The summed E-state index contributed by atoms with van der Waals surface area (Å²) in [5, 5.41) is 0. The summed E-state index contributed by atoms with van der Waals surface area (Å²) < 4.78 is 8.30. The number of ether oxygens (including phenoxy) is 1. The van der Waals surface area contributed by atoms with Gasteiger partial charge in [0.25, 0.3) is 0 Å². The van der Waals surface area contributed by atoms with Crippen molar-refractivity contribution in [1.29, 1.82) is 0 Å². The topological polar surface area (TPSA) is 27.1 Å². The molecule has 0 spiro atoms. The van der Waals surface area contributed by atoms with Gasteiger partial charge >= 0.3 is 0 Å². The SMILES string of the molecule is Cc1cc(C)cc(OCCn2c(C(C)(C)C)nc3ccccc32)c1. The smallest absolute Gasteiger partial charge is 0.119 e. The number of benzene rings is 2. The molecule has 0 saturated carbocycles. The first-order valence-electron chi connectivity index (χ1n) is 8.51. The summed E-state index contributed by atoms with van der Waals surface area (Å²) in [6.45, 7) is 12.2. The van der Waals surface area contributed by atoms with Gasteiger partial charge in [-0.1, -0.05) is 39.0 Å². The lowest BCUT2D eigenvalue weighted by Crippen LogP contribution is -2.21. The van der Waals surface area contributed by atoms with Gasteiger partial charge in [0, 0.05) is 5.41 Å². The number of para-hydroxylation sites is 2. The van der Waals surface area contributed by atoms with Crippen molar-refractivity contribution in [2.45, 2.75) is 46.6 Å². The largest absolute Gasteiger partial charge is 0.492 e. The molecule has 1 aromatic heterocycles. The van der Waals surface area contributed by atoms with E-state index in [0.717, 1.165) is 23.6 Å². The maximum absolute atomic E-state index is 6.01. The lowest BCUT2D eigenvalue weighted by molar-refractivity contribution is 0.294. The molecule has 0 aliphatic carbocycles. The summed E-state index contributed by atoms with van der Waals surface area (Å²) in [6.07, 6.45) is 0. The molecule has 0 atom stereocenters. The van der Waals surface area contributed by atoms with Gasteiger partial charge in [-0.25, -0.2) is 4.98 Å². The average molecular weight is 322 g/mol. The first-order valence-corrected chi connectivity index (χ1v) is 8.51. The molecule has 0 unspecified atom stereocenters. The molecular weight excluding hydrogens is 296 g/mol. The van der Waals surface area contributed by atoms with Crippen LogP contribution in [0.2, 0.25) is 0 Å². The van der Waals surface area contributed by atoms with Gasteiger partial charge in [0.05, 0.1) is 17.6 Å². The Bertz CT molecular complexity index is 836. The quantitative estimate of drug-likeness (QED) is 0.673. The first-order chi connectivity index (χ1) is 11.3. The van der Waals surface area contributed by atoms with Crippen molar-refractivity contribution >= 4 is 11.0 Å². The van der Waals surface area contributed by atoms with Crippen molar-refractivity contribution in [2.75, 3.05) is 6.61 Å². The normalized spacial score (nSPS) is 11.9. The second kappa shape index (κ2) is 6.31. The number of rotatable bonds is 4. The Morgan fingerprint density at radius 1 is 1.00 bits per heavy atom. The summed E-state index contributed by atoms with van der Waals surface area (Å²) in [5.74, 6) is 2.04. The van der Waals surface area contributed by atoms with Crippen molar-refractivity contribution < 1.29 is 4.74 Å². The summed E-state index contributed by atoms with van der Waals surface area (Å²) in [5.41, 5.74) is 4.68. The van der Waals surface area contributed by atoms with E-state index in [4.69, 9.17) is 9.72 Å². The van der Waals surface area contributed by atoms with Crippen LogP contribution in [0.3, 0.4) is 0 Å². The maximum Gasteiger partial charge on any atom is 0.119 e. The van der Waals surface area contributed by atoms with E-state index in [0.29, 0.717) is 6.61 Å². The second-order valence-electron chi connectivity index (χ2n) is 7.50. The zero-order valence-electron chi connectivity index (χ0n) is 15.3. The van der Waals surface area contributed by atoms with Gasteiger partial charge in [-0.2, -0.15) is 0 Å². The van der Waals surface area contributed by atoms with E-state index in [2.05, 4.69) is 75.6 Å². The number of hydrogen-bond donors (Lipinski definition) is 0. The molecule has 0 aliphatic heterocycles. The molecule has 1 heterocycles. The highest BCUT2D eigenvalue weighted by Crippen LogP contribution is 2.26. The summed E-state index contributed by atoms with van der Waals surface area (Å²) in [4.78, 5) is 4.85. The number of imidazole rings is 1. The van der Waals surface area contributed by atoms with Crippen molar-refractivity contribution in [1.82, 2.24) is 9.55 Å². The van der Waals surface area contributed by atoms with E-state index in [-0.39, 0.29) is 5.41 Å². The first kappa shape index (κ1) is 16.6. The molecule has 0 N–H and O–H groups in total. The number of hydrogen-bond acceptors (Lipinski definition) is 2. The van der Waals surface area contributed by atoms with E-state index in [1.54, 1.807) is 0 Å². The fourth-order valence-electron chi connectivity index (χ4n) is 3.15. The van der Waals surface area contributed by atoms with Crippen LogP contribution >= 0.6 is 0 Å². The Hall–Kier alpha value is -2.29. The van der Waals surface area contributed by atoms with Gasteiger partial charge in [-0.15, -0.1) is 0 Å². The van der Waals surface area contributed by atoms with Crippen molar-refractivity contribution in [3.05, 3.63) is 59.4 Å². The Kier molecular flexibility index (Phi) is 4.35. The average Bonchev–Trinajstić information content (AvgIpc) is 2.85. The van der Waals surface area contributed by atoms with Crippen LogP contribution in [0.5, 0.6) is 5.75 Å². The van der Waals surface area contributed by atoms with Crippen LogP contribution in [-0.4, -0.2) is 16.2 Å². The summed E-state index contributed by atoms with van der Waals surface area (Å²) in [6, 6.07) is 14.7. The Morgan fingerprint density at radius 2 is 1.67 bits per heavy atom. The second-order valence-corrected chi connectivity index (χ2v) is 7.50. The molecule has 0 bridgehead atoms. The van der Waals surface area contributed by atoms with E-state index in [1.807, 2.05) is 6.07 Å². The summed E-state index contributed by atoms with van der Waals surface area (Å²) in [7, 11) is 0. The Balaban J connectivity index is 1.84. The zero-order chi connectivity index (χ0) is 17.3. The highest BCUT2D eigenvalue weighted by atomic mass is 16.5. The van der Waals surface area contributed by atoms with Crippen molar-refractivity contribution in [3.63, 3.8) is 0 Å². The molecule has 3 heteroatoms. The molecule has 3 nitrogen and oxygen atoms in total. The fourth-order valence-corrected chi connectivity index (χ4v) is 3.15. The maximum atomic E-state index is 6.01. The van der Waals surface area contributed by atoms with E-state index in [1.165, 1.54) is 16.6 Å². The third-order valence-electron chi connectivity index (χ3n) is 4.10.